The maximum atomic E-state index is 6.71. The van der Waals surface area contributed by atoms with E-state index in [-0.39, 0.29) is 10.8 Å². The van der Waals surface area contributed by atoms with E-state index in [1.807, 2.05) is 0 Å². The first-order chi connectivity index (χ1) is 29.3. The van der Waals surface area contributed by atoms with Crippen molar-refractivity contribution in [1.82, 2.24) is 0 Å². The van der Waals surface area contributed by atoms with E-state index in [1.54, 1.807) is 0 Å². The van der Waals surface area contributed by atoms with Crippen molar-refractivity contribution in [2.24, 2.45) is 0 Å². The van der Waals surface area contributed by atoms with Crippen LogP contribution in [0.2, 0.25) is 0 Å². The van der Waals surface area contributed by atoms with E-state index in [9.17, 15) is 0 Å². The summed E-state index contributed by atoms with van der Waals surface area (Å²) >= 11 is 0. The number of fused-ring (bicyclic) bond motifs is 11. The molecule has 2 aliphatic rings. The number of hydrogen-bond acceptors (Lipinski definition) is 2. The van der Waals surface area contributed by atoms with Gasteiger partial charge in [0.25, 0.3) is 0 Å². The standard InChI is InChI=1S/C58H43NO/c1-57(2)49-16-9-7-14-44(49)46-31-25-39(34-51(46)57)36-20-27-41(28-21-36)59(53-18-11-19-54-55(53)48-33-24-38-12-5-6-13-43(38)56(48)60-54)42-29-22-37(23-30-42)40-26-32-47-45-15-8-10-17-50(45)58(3,4)52(47)35-40/h5-35H,1-4H3. The van der Waals surface area contributed by atoms with Gasteiger partial charge in [-0.2, -0.15) is 0 Å². The van der Waals surface area contributed by atoms with Crippen molar-refractivity contribution in [2.45, 2.75) is 38.5 Å². The molecular weight excluding hydrogens is 727 g/mol. The van der Waals surface area contributed by atoms with Crippen molar-refractivity contribution in [3.8, 4) is 44.5 Å². The molecule has 2 nitrogen and oxygen atoms in total. The summed E-state index contributed by atoms with van der Waals surface area (Å²) in [5.74, 6) is 0. The maximum Gasteiger partial charge on any atom is 0.143 e. The number of benzene rings is 9. The van der Waals surface area contributed by atoms with E-state index in [0.717, 1.165) is 44.4 Å². The van der Waals surface area contributed by atoms with Gasteiger partial charge in [0.1, 0.15) is 11.2 Å². The Hall–Kier alpha value is -7.16. The van der Waals surface area contributed by atoms with Crippen LogP contribution in [-0.4, -0.2) is 0 Å². The van der Waals surface area contributed by atoms with Gasteiger partial charge in [0.05, 0.1) is 11.1 Å². The SMILES string of the molecule is CC1(C)c2ccccc2-c2ccc(-c3ccc(N(c4ccc(-c5ccc6c(c5)C(C)(C)c5ccccc5-6)cc4)c4cccc5oc6c7ccccc7ccc6c45)cc3)cc21. The Morgan fingerprint density at radius 3 is 1.47 bits per heavy atom. The molecule has 60 heavy (non-hydrogen) atoms. The van der Waals surface area contributed by atoms with Gasteiger partial charge in [-0.05, 0) is 127 Å². The van der Waals surface area contributed by atoms with Gasteiger partial charge in [0.2, 0.25) is 0 Å². The van der Waals surface area contributed by atoms with Crippen LogP contribution < -0.4 is 4.90 Å². The molecular formula is C58H43NO. The quantitative estimate of drug-likeness (QED) is 0.173. The first kappa shape index (κ1) is 34.8. The molecule has 9 aromatic carbocycles. The van der Waals surface area contributed by atoms with Crippen molar-refractivity contribution >= 4 is 49.8 Å². The summed E-state index contributed by atoms with van der Waals surface area (Å²) in [6.07, 6.45) is 0. The van der Waals surface area contributed by atoms with Crippen molar-refractivity contribution in [1.29, 1.82) is 0 Å². The van der Waals surface area contributed by atoms with E-state index >= 15 is 0 Å². The minimum atomic E-state index is -0.0524. The average molecular weight is 770 g/mol. The lowest BCUT2D eigenvalue weighted by molar-refractivity contribution is 0.660. The summed E-state index contributed by atoms with van der Waals surface area (Å²) in [6, 6.07) is 69.3. The van der Waals surface area contributed by atoms with Crippen molar-refractivity contribution in [3.63, 3.8) is 0 Å². The number of anilines is 3. The van der Waals surface area contributed by atoms with Gasteiger partial charge in [-0.25, -0.2) is 0 Å². The molecule has 12 rings (SSSR count). The van der Waals surface area contributed by atoms with Crippen LogP contribution in [0.1, 0.15) is 49.9 Å². The second kappa shape index (κ2) is 12.7. The monoisotopic (exact) mass is 769 g/mol. The summed E-state index contributed by atoms with van der Waals surface area (Å²) < 4.78 is 6.71. The second-order valence-corrected chi connectivity index (χ2v) is 17.7. The highest BCUT2D eigenvalue weighted by Crippen LogP contribution is 2.52. The fourth-order valence-electron chi connectivity index (χ4n) is 10.5. The molecule has 0 fully saturated rings. The lowest BCUT2D eigenvalue weighted by Gasteiger charge is -2.27. The molecule has 0 saturated heterocycles. The highest BCUT2D eigenvalue weighted by molar-refractivity contribution is 6.19. The van der Waals surface area contributed by atoms with E-state index in [1.165, 1.54) is 72.1 Å². The molecule has 0 saturated carbocycles. The van der Waals surface area contributed by atoms with Crippen molar-refractivity contribution < 1.29 is 4.42 Å². The van der Waals surface area contributed by atoms with Crippen LogP contribution in [0.5, 0.6) is 0 Å². The van der Waals surface area contributed by atoms with E-state index in [4.69, 9.17) is 4.42 Å². The summed E-state index contributed by atoms with van der Waals surface area (Å²) in [5.41, 5.74) is 20.7. The fourth-order valence-corrected chi connectivity index (χ4v) is 10.5. The molecule has 1 aromatic heterocycles. The zero-order valence-electron chi connectivity index (χ0n) is 34.3. The second-order valence-electron chi connectivity index (χ2n) is 17.7. The Labute approximate surface area is 351 Å². The first-order valence-corrected chi connectivity index (χ1v) is 21.1. The fraction of sp³-hybridized carbons (Fsp3) is 0.103. The van der Waals surface area contributed by atoms with Gasteiger partial charge in [0, 0.05) is 33.0 Å². The summed E-state index contributed by atoms with van der Waals surface area (Å²) in [4.78, 5) is 2.39. The summed E-state index contributed by atoms with van der Waals surface area (Å²) in [7, 11) is 0. The molecule has 0 atom stereocenters. The molecule has 0 radical (unpaired) electrons. The molecule has 2 aliphatic carbocycles. The van der Waals surface area contributed by atoms with E-state index in [2.05, 4.69) is 221 Å². The minimum Gasteiger partial charge on any atom is -0.455 e. The topological polar surface area (TPSA) is 16.4 Å². The zero-order chi connectivity index (χ0) is 40.3. The van der Waals surface area contributed by atoms with Gasteiger partial charge < -0.3 is 9.32 Å². The molecule has 0 unspecified atom stereocenters. The van der Waals surface area contributed by atoms with Crippen LogP contribution in [-0.2, 0) is 10.8 Å². The Bertz CT molecular complexity index is 3210. The van der Waals surface area contributed by atoms with E-state index in [0.29, 0.717) is 0 Å². The molecule has 0 aliphatic heterocycles. The molecule has 0 amide bonds. The summed E-state index contributed by atoms with van der Waals surface area (Å²) in [5, 5.41) is 4.51. The van der Waals surface area contributed by atoms with Gasteiger partial charge in [-0.3, -0.25) is 0 Å². The Morgan fingerprint density at radius 1 is 0.383 bits per heavy atom. The third-order valence-corrected chi connectivity index (χ3v) is 13.7. The van der Waals surface area contributed by atoms with Gasteiger partial charge in [-0.1, -0.05) is 161 Å². The van der Waals surface area contributed by atoms with Crippen LogP contribution in [0.3, 0.4) is 0 Å². The zero-order valence-corrected chi connectivity index (χ0v) is 34.3. The van der Waals surface area contributed by atoms with Crippen molar-refractivity contribution in [2.75, 3.05) is 4.90 Å². The molecule has 286 valence electrons. The Balaban J connectivity index is 0.977. The molecule has 1 heterocycles. The normalized spacial score (nSPS) is 14.3. The highest BCUT2D eigenvalue weighted by atomic mass is 16.3. The molecule has 10 aromatic rings. The minimum absolute atomic E-state index is 0.0524. The van der Waals surface area contributed by atoms with Crippen LogP contribution in [0.25, 0.3) is 77.2 Å². The predicted octanol–water partition coefficient (Wildman–Crippen LogP) is 16.2. The summed E-state index contributed by atoms with van der Waals surface area (Å²) in [6.45, 7) is 9.39. The lowest BCUT2D eigenvalue weighted by Crippen LogP contribution is -2.14. The van der Waals surface area contributed by atoms with Crippen molar-refractivity contribution in [3.05, 3.63) is 210 Å². The Kier molecular flexibility index (Phi) is 7.36. The lowest BCUT2D eigenvalue weighted by atomic mass is 9.81. The van der Waals surface area contributed by atoms with Gasteiger partial charge >= 0.3 is 0 Å². The van der Waals surface area contributed by atoms with Gasteiger partial charge in [-0.15, -0.1) is 0 Å². The maximum absolute atomic E-state index is 6.71. The molecule has 0 N–H and O–H groups in total. The largest absolute Gasteiger partial charge is 0.455 e. The van der Waals surface area contributed by atoms with Crippen LogP contribution >= 0.6 is 0 Å². The van der Waals surface area contributed by atoms with Crippen LogP contribution in [0.15, 0.2) is 192 Å². The average Bonchev–Trinajstić information content (AvgIpc) is 3.87. The number of rotatable bonds is 5. The molecule has 0 spiro atoms. The molecule has 2 heteroatoms. The first-order valence-electron chi connectivity index (χ1n) is 21.1. The Morgan fingerprint density at radius 2 is 0.883 bits per heavy atom. The number of hydrogen-bond donors (Lipinski definition) is 0. The van der Waals surface area contributed by atoms with Crippen LogP contribution in [0, 0.1) is 0 Å². The molecule has 0 bridgehead atoms. The van der Waals surface area contributed by atoms with Crippen LogP contribution in [0.4, 0.5) is 17.1 Å². The highest BCUT2D eigenvalue weighted by Gasteiger charge is 2.36. The van der Waals surface area contributed by atoms with Gasteiger partial charge in [0.15, 0.2) is 0 Å². The third kappa shape index (κ3) is 5.01. The van der Waals surface area contributed by atoms with E-state index < -0.39 is 0 Å². The number of furan rings is 1. The number of nitrogens with zero attached hydrogens (tertiary/aromatic N) is 1. The third-order valence-electron chi connectivity index (χ3n) is 13.7. The smallest absolute Gasteiger partial charge is 0.143 e. The predicted molar refractivity (Wildman–Crippen MR) is 252 cm³/mol.